The topological polar surface area (TPSA) is 83.5 Å². The molecule has 1 N–H and O–H groups in total. The zero-order valence-electron chi connectivity index (χ0n) is 15.5. The Kier molecular flexibility index (Phi) is 8.74. The molecule has 0 radical (unpaired) electrons. The molecule has 2 heterocycles. The number of rotatable bonds is 8. The van der Waals surface area contributed by atoms with Crippen LogP contribution in [-0.4, -0.2) is 50.8 Å². The molecule has 0 aromatic carbocycles. The van der Waals surface area contributed by atoms with Gasteiger partial charge in [-0.3, -0.25) is 4.57 Å². The van der Waals surface area contributed by atoms with E-state index in [0.717, 1.165) is 12.8 Å². The second-order valence-electron chi connectivity index (χ2n) is 7.09. The van der Waals surface area contributed by atoms with Crippen molar-refractivity contribution in [3.63, 3.8) is 0 Å². The predicted molar refractivity (Wildman–Crippen MR) is 100 cm³/mol. The third-order valence-corrected chi connectivity index (χ3v) is 7.80. The van der Waals surface area contributed by atoms with Crippen molar-refractivity contribution in [1.82, 2.24) is 0 Å². The van der Waals surface area contributed by atoms with Gasteiger partial charge in [-0.2, -0.15) is 0 Å². The summed E-state index contributed by atoms with van der Waals surface area (Å²) >= 11 is 0. The van der Waals surface area contributed by atoms with Crippen LogP contribution in [-0.2, 0) is 27.2 Å². The van der Waals surface area contributed by atoms with Crippen molar-refractivity contribution >= 4 is 25.0 Å². The van der Waals surface area contributed by atoms with Crippen molar-refractivity contribution in [2.45, 2.75) is 45.6 Å². The zero-order chi connectivity index (χ0) is 18.5. The van der Waals surface area contributed by atoms with Crippen LogP contribution in [0.15, 0.2) is 0 Å². The molecule has 0 amide bonds. The minimum atomic E-state index is -3.03. The van der Waals surface area contributed by atoms with Crippen LogP contribution in [0.25, 0.3) is 0 Å². The summed E-state index contributed by atoms with van der Waals surface area (Å²) < 4.78 is 39.9. The molecule has 7 nitrogen and oxygen atoms in total. The van der Waals surface area contributed by atoms with Crippen molar-refractivity contribution in [2.24, 2.45) is 10.8 Å². The summed E-state index contributed by atoms with van der Waals surface area (Å²) in [5.74, 6) is 0. The van der Waals surface area contributed by atoms with Gasteiger partial charge in [0.25, 0.3) is 0 Å². The molecule has 0 aliphatic carbocycles. The van der Waals surface area contributed by atoms with E-state index in [4.69, 9.17) is 22.6 Å². The second kappa shape index (κ2) is 9.87. The van der Waals surface area contributed by atoms with E-state index < -0.39 is 25.0 Å². The molecule has 2 saturated heterocycles. The molecule has 2 aliphatic heterocycles. The Morgan fingerprint density at radius 1 is 0.960 bits per heavy atom. The van der Waals surface area contributed by atoms with Crippen molar-refractivity contribution in [2.75, 3.05) is 39.8 Å². The highest BCUT2D eigenvalue weighted by atomic mass is 31.2. The normalized spacial score (nSPS) is 39.1. The Bertz CT molecular complexity index is 403. The van der Waals surface area contributed by atoms with Crippen LogP contribution in [0.2, 0.25) is 0 Å². The predicted octanol–water partition coefficient (Wildman–Crippen LogP) is 4.30. The second-order valence-corrected chi connectivity index (χ2v) is 10.7. The van der Waals surface area contributed by atoms with Crippen molar-refractivity contribution < 1.29 is 32.1 Å². The molecule has 148 valence electrons. The Labute approximate surface area is 153 Å². The maximum absolute atomic E-state index is 11.4. The van der Waals surface area contributed by atoms with Crippen LogP contribution < -0.4 is 0 Å². The minimum Gasteiger partial charge on any atom is -0.334 e. The molecule has 1 unspecified atom stereocenters. The molecule has 0 saturated carbocycles. The molecule has 1 atom stereocenters. The maximum Gasteiger partial charge on any atom is 0.316 e. The first-order valence-electron chi connectivity index (χ1n) is 8.71. The standard InChI is InChI=1S/C15H31O7P3/c1-5-14(9-18-23(3)19-10-14)7-13(22-25(16)17)8-15(6-2)11-20-24(4)21-12-15/h13,25H,5-12H2,1-4H3,(H,16,17). The molecule has 0 aromatic rings. The van der Waals surface area contributed by atoms with Gasteiger partial charge in [0, 0.05) is 24.2 Å². The Morgan fingerprint density at radius 2 is 1.32 bits per heavy atom. The highest BCUT2D eigenvalue weighted by Crippen LogP contribution is 2.50. The average Bonchev–Trinajstić information content (AvgIpc) is 2.59. The first-order valence-corrected chi connectivity index (χ1v) is 13.2. The van der Waals surface area contributed by atoms with Crippen LogP contribution in [0.4, 0.5) is 0 Å². The average molecular weight is 416 g/mol. The van der Waals surface area contributed by atoms with Crippen molar-refractivity contribution in [3.05, 3.63) is 0 Å². The fraction of sp³-hybridized carbons (Fsp3) is 1.00. The Hall–Kier alpha value is 0.850. The van der Waals surface area contributed by atoms with Gasteiger partial charge in [-0.1, -0.05) is 13.8 Å². The van der Waals surface area contributed by atoms with E-state index >= 15 is 0 Å². The van der Waals surface area contributed by atoms with Gasteiger partial charge < -0.3 is 27.5 Å². The van der Waals surface area contributed by atoms with Gasteiger partial charge >= 0.3 is 8.25 Å². The first-order chi connectivity index (χ1) is 11.8. The van der Waals surface area contributed by atoms with E-state index in [9.17, 15) is 9.46 Å². The molecule has 25 heavy (non-hydrogen) atoms. The van der Waals surface area contributed by atoms with Gasteiger partial charge in [-0.05, 0) is 25.7 Å². The van der Waals surface area contributed by atoms with E-state index in [0.29, 0.717) is 39.3 Å². The monoisotopic (exact) mass is 416 g/mol. The maximum atomic E-state index is 11.4. The van der Waals surface area contributed by atoms with Gasteiger partial charge in [-0.25, -0.2) is 0 Å². The lowest BCUT2D eigenvalue weighted by Gasteiger charge is -2.43. The van der Waals surface area contributed by atoms with Crippen LogP contribution in [0, 0.1) is 10.8 Å². The number of hydrogen-bond acceptors (Lipinski definition) is 6. The fourth-order valence-electron chi connectivity index (χ4n) is 3.27. The largest absolute Gasteiger partial charge is 0.334 e. The molecule has 2 rings (SSSR count). The SMILES string of the molecule is CCC1(CC(CC2(CC)COP(C)OC2)O[PH](=O)O)COP(C)OC1. The van der Waals surface area contributed by atoms with Crippen LogP contribution in [0.3, 0.4) is 0 Å². The molecular weight excluding hydrogens is 385 g/mol. The molecule has 2 aliphatic rings. The Morgan fingerprint density at radius 3 is 1.60 bits per heavy atom. The van der Waals surface area contributed by atoms with E-state index in [1.54, 1.807) is 0 Å². The summed E-state index contributed by atoms with van der Waals surface area (Å²) in [6.07, 6.45) is 2.65. The van der Waals surface area contributed by atoms with Gasteiger partial charge in [-0.15, -0.1) is 0 Å². The van der Waals surface area contributed by atoms with Gasteiger partial charge in [0.2, 0.25) is 0 Å². The molecule has 10 heteroatoms. The summed E-state index contributed by atoms with van der Waals surface area (Å²) in [7, 11) is -4.66. The highest BCUT2D eigenvalue weighted by molar-refractivity contribution is 7.46. The van der Waals surface area contributed by atoms with Crippen LogP contribution in [0.5, 0.6) is 0 Å². The van der Waals surface area contributed by atoms with Gasteiger partial charge in [0.1, 0.15) is 0 Å². The molecular formula is C15H31O7P3. The summed E-state index contributed by atoms with van der Waals surface area (Å²) in [6, 6.07) is 0. The molecule has 2 fully saturated rings. The molecule has 0 bridgehead atoms. The first kappa shape index (κ1) is 22.1. The Balaban J connectivity index is 2.08. The van der Waals surface area contributed by atoms with Crippen molar-refractivity contribution in [3.8, 4) is 0 Å². The third kappa shape index (κ3) is 6.45. The third-order valence-electron chi connectivity index (χ3n) is 5.30. The lowest BCUT2D eigenvalue weighted by molar-refractivity contribution is -0.0377. The highest BCUT2D eigenvalue weighted by Gasteiger charge is 2.42. The summed E-state index contributed by atoms with van der Waals surface area (Å²) in [4.78, 5) is 9.38. The van der Waals surface area contributed by atoms with Crippen LogP contribution >= 0.6 is 25.0 Å². The fourth-order valence-corrected chi connectivity index (χ4v) is 5.69. The van der Waals surface area contributed by atoms with Crippen LogP contribution in [0.1, 0.15) is 39.5 Å². The number of hydrogen-bond donors (Lipinski definition) is 1. The summed E-state index contributed by atoms with van der Waals surface area (Å²) in [6.45, 7) is 10.5. The molecule has 0 spiro atoms. The molecule has 0 aromatic heterocycles. The van der Waals surface area contributed by atoms with Gasteiger partial charge in [0.05, 0.1) is 32.5 Å². The van der Waals surface area contributed by atoms with Crippen molar-refractivity contribution in [1.29, 1.82) is 0 Å². The minimum absolute atomic E-state index is 0.181. The van der Waals surface area contributed by atoms with Gasteiger partial charge in [0.15, 0.2) is 16.8 Å². The smallest absolute Gasteiger partial charge is 0.316 e. The van der Waals surface area contributed by atoms with E-state index in [2.05, 4.69) is 13.8 Å². The summed E-state index contributed by atoms with van der Waals surface area (Å²) in [5.41, 5.74) is -0.362. The zero-order valence-corrected chi connectivity index (χ0v) is 18.3. The van der Waals surface area contributed by atoms with E-state index in [-0.39, 0.29) is 16.9 Å². The van der Waals surface area contributed by atoms with E-state index in [1.807, 2.05) is 13.3 Å². The van der Waals surface area contributed by atoms with E-state index in [1.165, 1.54) is 0 Å². The lowest BCUT2D eigenvalue weighted by Crippen LogP contribution is -2.42. The lowest BCUT2D eigenvalue weighted by atomic mass is 9.75. The summed E-state index contributed by atoms with van der Waals surface area (Å²) in [5, 5.41) is 0. The quantitative estimate of drug-likeness (QED) is 0.591.